The molecule has 0 fully saturated rings. The summed E-state index contributed by atoms with van der Waals surface area (Å²) in [5.41, 5.74) is -1.36. The Morgan fingerprint density at radius 3 is 1.42 bits per heavy atom. The number of ketones is 2. The molecule has 0 spiro atoms. The smallest absolute Gasteiger partial charge is 0.217 e. The molecule has 0 aromatic carbocycles. The molecular formula is C8H13NO3. The summed E-state index contributed by atoms with van der Waals surface area (Å²) in [6, 6.07) is 0. The highest BCUT2D eigenvalue weighted by molar-refractivity contribution is 6.11. The first-order chi connectivity index (χ1) is 5.30. The largest absolute Gasteiger partial charge is 0.338 e. The predicted molar refractivity (Wildman–Crippen MR) is 43.6 cm³/mol. The third-order valence-corrected chi connectivity index (χ3v) is 1.83. The monoisotopic (exact) mass is 171 g/mol. The summed E-state index contributed by atoms with van der Waals surface area (Å²) < 4.78 is 0. The van der Waals surface area contributed by atoms with E-state index in [1.807, 2.05) is 0 Å². The Hall–Kier alpha value is -1.19. The van der Waals surface area contributed by atoms with Gasteiger partial charge >= 0.3 is 0 Å². The number of hydrogen-bond donors (Lipinski definition) is 1. The zero-order valence-electron chi connectivity index (χ0n) is 7.72. The van der Waals surface area contributed by atoms with Gasteiger partial charge in [0.1, 0.15) is 0 Å². The van der Waals surface area contributed by atoms with Crippen molar-refractivity contribution in [3.8, 4) is 0 Å². The summed E-state index contributed by atoms with van der Waals surface area (Å²) in [5, 5.41) is 2.32. The molecular weight excluding hydrogens is 158 g/mol. The Kier molecular flexibility index (Phi) is 3.13. The van der Waals surface area contributed by atoms with Crippen LogP contribution in [0, 0.1) is 0 Å². The highest BCUT2D eigenvalue weighted by Gasteiger charge is 2.35. The van der Waals surface area contributed by atoms with Gasteiger partial charge in [-0.25, -0.2) is 0 Å². The number of carbonyl (C=O) groups excluding carboxylic acids is 3. The van der Waals surface area contributed by atoms with Gasteiger partial charge in [0.15, 0.2) is 17.1 Å². The first-order valence-electron chi connectivity index (χ1n) is 3.61. The van der Waals surface area contributed by atoms with Gasteiger partial charge in [0.05, 0.1) is 0 Å². The van der Waals surface area contributed by atoms with Crippen LogP contribution in [0.4, 0.5) is 0 Å². The molecule has 0 atom stereocenters. The lowest BCUT2D eigenvalue weighted by molar-refractivity contribution is -0.137. The van der Waals surface area contributed by atoms with Crippen molar-refractivity contribution in [2.75, 3.05) is 0 Å². The Morgan fingerprint density at radius 2 is 1.33 bits per heavy atom. The zero-order valence-corrected chi connectivity index (χ0v) is 7.72. The van der Waals surface area contributed by atoms with E-state index in [0.29, 0.717) is 0 Å². The number of rotatable bonds is 3. The van der Waals surface area contributed by atoms with Gasteiger partial charge in [0.25, 0.3) is 0 Å². The normalized spacial score (nSPS) is 10.7. The van der Waals surface area contributed by atoms with Crippen LogP contribution in [-0.4, -0.2) is 23.0 Å². The Labute approximate surface area is 71.3 Å². The SMILES string of the molecule is CC(=O)NC(C)(C(C)=O)C(C)=O. The fourth-order valence-electron chi connectivity index (χ4n) is 0.776. The van der Waals surface area contributed by atoms with E-state index in [4.69, 9.17) is 0 Å². The minimum absolute atomic E-state index is 0.356. The Bertz CT molecular complexity index is 218. The molecule has 0 aromatic heterocycles. The molecule has 0 aliphatic rings. The molecule has 68 valence electrons. The van der Waals surface area contributed by atoms with Crippen molar-refractivity contribution >= 4 is 17.5 Å². The molecule has 1 N–H and O–H groups in total. The summed E-state index contributed by atoms with van der Waals surface area (Å²) in [4.78, 5) is 32.7. The van der Waals surface area contributed by atoms with E-state index >= 15 is 0 Å². The lowest BCUT2D eigenvalue weighted by atomic mass is 9.93. The summed E-state index contributed by atoms with van der Waals surface area (Å²) >= 11 is 0. The minimum atomic E-state index is -1.36. The number of Topliss-reactive ketones (excluding diaryl/α,β-unsaturated/α-hetero) is 2. The van der Waals surface area contributed by atoms with Crippen LogP contribution >= 0.6 is 0 Å². The average Bonchev–Trinajstić information content (AvgIpc) is 1.84. The van der Waals surface area contributed by atoms with Crippen LogP contribution in [0.25, 0.3) is 0 Å². The zero-order chi connectivity index (χ0) is 9.94. The Morgan fingerprint density at radius 1 is 1.00 bits per heavy atom. The molecule has 0 rings (SSSR count). The maximum atomic E-state index is 11.0. The standard InChI is InChI=1S/C8H13NO3/c1-5(10)8(4,6(2)11)9-7(3)12/h1-4H3,(H,9,12). The van der Waals surface area contributed by atoms with Crippen LogP contribution in [0.15, 0.2) is 0 Å². The van der Waals surface area contributed by atoms with Gasteiger partial charge in [0.2, 0.25) is 5.91 Å². The molecule has 1 amide bonds. The fraction of sp³-hybridized carbons (Fsp3) is 0.625. The first kappa shape index (κ1) is 10.8. The average molecular weight is 171 g/mol. The second kappa shape index (κ2) is 3.47. The van der Waals surface area contributed by atoms with Crippen LogP contribution in [0.3, 0.4) is 0 Å². The van der Waals surface area contributed by atoms with Crippen molar-refractivity contribution < 1.29 is 14.4 Å². The van der Waals surface area contributed by atoms with Gasteiger partial charge in [-0.15, -0.1) is 0 Å². The van der Waals surface area contributed by atoms with Gasteiger partial charge < -0.3 is 5.32 Å². The highest BCUT2D eigenvalue weighted by Crippen LogP contribution is 2.06. The Balaban J connectivity index is 4.75. The van der Waals surface area contributed by atoms with E-state index < -0.39 is 5.54 Å². The van der Waals surface area contributed by atoms with Gasteiger partial charge in [-0.3, -0.25) is 14.4 Å². The van der Waals surface area contributed by atoms with E-state index in [-0.39, 0.29) is 17.5 Å². The summed E-state index contributed by atoms with van der Waals surface area (Å²) in [6.07, 6.45) is 0. The number of amides is 1. The third-order valence-electron chi connectivity index (χ3n) is 1.83. The molecule has 0 aliphatic heterocycles. The topological polar surface area (TPSA) is 63.2 Å². The van der Waals surface area contributed by atoms with Crippen LogP contribution in [0.1, 0.15) is 27.7 Å². The van der Waals surface area contributed by atoms with Gasteiger partial charge in [0, 0.05) is 6.92 Å². The van der Waals surface area contributed by atoms with E-state index in [2.05, 4.69) is 5.32 Å². The van der Waals surface area contributed by atoms with E-state index in [9.17, 15) is 14.4 Å². The maximum absolute atomic E-state index is 11.0. The van der Waals surface area contributed by atoms with E-state index in [0.717, 1.165) is 0 Å². The summed E-state index contributed by atoms with van der Waals surface area (Å²) in [5.74, 6) is -1.10. The molecule has 12 heavy (non-hydrogen) atoms. The van der Waals surface area contributed by atoms with Crippen molar-refractivity contribution in [2.45, 2.75) is 33.2 Å². The van der Waals surface area contributed by atoms with Crippen LogP contribution in [-0.2, 0) is 14.4 Å². The number of hydrogen-bond acceptors (Lipinski definition) is 3. The highest BCUT2D eigenvalue weighted by atomic mass is 16.2. The third kappa shape index (κ3) is 2.15. The molecule has 0 unspecified atom stereocenters. The molecule has 4 heteroatoms. The molecule has 0 radical (unpaired) electrons. The number of carbonyl (C=O) groups is 3. The van der Waals surface area contributed by atoms with E-state index in [1.54, 1.807) is 0 Å². The van der Waals surface area contributed by atoms with Crippen molar-refractivity contribution in [3.05, 3.63) is 0 Å². The minimum Gasteiger partial charge on any atom is -0.338 e. The van der Waals surface area contributed by atoms with Crippen LogP contribution < -0.4 is 5.32 Å². The van der Waals surface area contributed by atoms with Crippen LogP contribution in [0.2, 0.25) is 0 Å². The van der Waals surface area contributed by atoms with Crippen molar-refractivity contribution in [1.82, 2.24) is 5.32 Å². The fourth-order valence-corrected chi connectivity index (χ4v) is 0.776. The maximum Gasteiger partial charge on any atom is 0.217 e. The first-order valence-corrected chi connectivity index (χ1v) is 3.61. The van der Waals surface area contributed by atoms with Crippen LogP contribution in [0.5, 0.6) is 0 Å². The molecule has 0 saturated heterocycles. The van der Waals surface area contributed by atoms with Gasteiger partial charge in [-0.05, 0) is 20.8 Å². The lowest BCUT2D eigenvalue weighted by Crippen LogP contribution is -2.55. The van der Waals surface area contributed by atoms with Crippen molar-refractivity contribution in [2.24, 2.45) is 0 Å². The summed E-state index contributed by atoms with van der Waals surface area (Å²) in [7, 11) is 0. The number of nitrogens with one attached hydrogen (secondary N) is 1. The van der Waals surface area contributed by atoms with Gasteiger partial charge in [-0.2, -0.15) is 0 Å². The molecule has 0 aromatic rings. The summed E-state index contributed by atoms with van der Waals surface area (Å²) in [6.45, 7) is 5.22. The molecule has 4 nitrogen and oxygen atoms in total. The molecule has 0 aliphatic carbocycles. The molecule has 0 saturated carbocycles. The van der Waals surface area contributed by atoms with E-state index in [1.165, 1.54) is 27.7 Å². The second-order valence-electron chi connectivity index (χ2n) is 2.92. The van der Waals surface area contributed by atoms with Crippen molar-refractivity contribution in [1.29, 1.82) is 0 Å². The van der Waals surface area contributed by atoms with Crippen molar-refractivity contribution in [3.63, 3.8) is 0 Å². The molecule has 0 bridgehead atoms. The second-order valence-corrected chi connectivity index (χ2v) is 2.92. The van der Waals surface area contributed by atoms with Gasteiger partial charge in [-0.1, -0.05) is 0 Å². The lowest BCUT2D eigenvalue weighted by Gasteiger charge is -2.23. The predicted octanol–water partition coefficient (Wildman–Crippen LogP) is 0.0592. The quantitative estimate of drug-likeness (QED) is 0.611. The molecule has 0 heterocycles.